The number of amides is 1. The number of carbonyl (C=O) groups is 2. The molecule has 0 aliphatic heterocycles. The van der Waals surface area contributed by atoms with Crippen LogP contribution < -0.4 is 5.32 Å². The van der Waals surface area contributed by atoms with Crippen LogP contribution in [0.4, 0.5) is 0 Å². The number of nitrogens with zero attached hydrogens (tertiary/aromatic N) is 1. The zero-order chi connectivity index (χ0) is 18.4. The van der Waals surface area contributed by atoms with Gasteiger partial charge in [-0.15, -0.1) is 11.3 Å². The second-order valence-electron chi connectivity index (χ2n) is 6.26. The largest absolute Gasteiger partial charge is 0.481 e. The molecule has 0 spiro atoms. The molecule has 0 aliphatic carbocycles. The highest BCUT2D eigenvalue weighted by molar-refractivity contribution is 7.13. The maximum atomic E-state index is 12.2. The molecule has 5 nitrogen and oxygen atoms in total. The summed E-state index contributed by atoms with van der Waals surface area (Å²) in [6.07, 6.45) is 1.12. The monoisotopic (exact) mass is 360 g/mol. The number of thiazole rings is 1. The van der Waals surface area contributed by atoms with Gasteiger partial charge >= 0.3 is 5.97 Å². The molecule has 0 saturated carbocycles. The Morgan fingerprint density at radius 2 is 1.84 bits per heavy atom. The summed E-state index contributed by atoms with van der Waals surface area (Å²) >= 11 is 1.50. The number of carboxylic acid groups (broad SMARTS) is 1. The number of aromatic nitrogens is 1. The molecule has 2 rings (SSSR count). The first kappa shape index (κ1) is 19.1. The van der Waals surface area contributed by atoms with E-state index in [4.69, 9.17) is 0 Å². The molecule has 0 unspecified atom stereocenters. The predicted molar refractivity (Wildman–Crippen MR) is 99.7 cm³/mol. The van der Waals surface area contributed by atoms with E-state index in [-0.39, 0.29) is 18.9 Å². The van der Waals surface area contributed by atoms with E-state index in [0.717, 1.165) is 10.6 Å². The highest BCUT2D eigenvalue weighted by Gasteiger charge is 2.35. The van der Waals surface area contributed by atoms with E-state index in [2.05, 4.69) is 10.3 Å². The molecular formula is C19H24N2O3S. The molecule has 25 heavy (non-hydrogen) atoms. The lowest BCUT2D eigenvalue weighted by Gasteiger charge is -2.26. The van der Waals surface area contributed by atoms with E-state index in [1.807, 2.05) is 50.4 Å². The molecule has 0 bridgehead atoms. The summed E-state index contributed by atoms with van der Waals surface area (Å²) in [4.78, 5) is 28.2. The quantitative estimate of drug-likeness (QED) is 0.753. The number of benzene rings is 1. The fourth-order valence-electron chi connectivity index (χ4n) is 2.59. The highest BCUT2D eigenvalue weighted by atomic mass is 32.1. The van der Waals surface area contributed by atoms with E-state index in [1.54, 1.807) is 0 Å². The molecule has 6 heteroatoms. The second kappa shape index (κ2) is 8.25. The summed E-state index contributed by atoms with van der Waals surface area (Å²) in [6, 6.07) is 8.09. The number of rotatable bonds is 8. The van der Waals surface area contributed by atoms with Gasteiger partial charge in [0.25, 0.3) is 0 Å². The summed E-state index contributed by atoms with van der Waals surface area (Å²) in [5.74, 6) is -1.07. The Morgan fingerprint density at radius 1 is 1.20 bits per heavy atom. The number of carboxylic acids is 1. The van der Waals surface area contributed by atoms with Crippen LogP contribution in [0.15, 0.2) is 29.6 Å². The Kier molecular flexibility index (Phi) is 6.31. The van der Waals surface area contributed by atoms with Crippen molar-refractivity contribution in [2.24, 2.45) is 5.41 Å². The smallest absolute Gasteiger partial charge is 0.311 e. The Hall–Kier alpha value is -2.21. The van der Waals surface area contributed by atoms with Crippen molar-refractivity contribution in [1.29, 1.82) is 0 Å². The Labute approximate surface area is 152 Å². The molecule has 0 saturated heterocycles. The van der Waals surface area contributed by atoms with Crippen molar-refractivity contribution in [3.05, 3.63) is 40.9 Å². The van der Waals surface area contributed by atoms with Gasteiger partial charge in [0.05, 0.1) is 17.5 Å². The van der Waals surface area contributed by atoms with Gasteiger partial charge in [-0.25, -0.2) is 4.98 Å². The molecule has 1 aromatic heterocycles. The first-order chi connectivity index (χ1) is 11.9. The first-order valence-corrected chi connectivity index (χ1v) is 9.29. The standard InChI is InChI=1S/C19H24N2O3S/c1-4-19(5-2,18(23)24)12-20-16(22)10-15-11-25-17(21-15)14-8-6-13(3)7-9-14/h6-9,11H,4-5,10,12H2,1-3H3,(H,20,22)(H,23,24). The molecule has 0 aliphatic rings. The zero-order valence-electron chi connectivity index (χ0n) is 14.8. The van der Waals surface area contributed by atoms with Gasteiger partial charge in [0.2, 0.25) is 5.91 Å². The molecule has 2 N–H and O–H groups in total. The molecule has 134 valence electrons. The van der Waals surface area contributed by atoms with Crippen molar-refractivity contribution in [3.8, 4) is 10.6 Å². The third-order valence-corrected chi connectivity index (χ3v) is 5.56. The van der Waals surface area contributed by atoms with E-state index >= 15 is 0 Å². The maximum Gasteiger partial charge on any atom is 0.311 e. The van der Waals surface area contributed by atoms with Gasteiger partial charge in [-0.1, -0.05) is 43.7 Å². The normalized spacial score (nSPS) is 11.3. The average Bonchev–Trinajstić information content (AvgIpc) is 3.05. The number of carbonyl (C=O) groups excluding carboxylic acids is 1. The SMILES string of the molecule is CCC(CC)(CNC(=O)Cc1csc(-c2ccc(C)cc2)n1)C(=O)O. The minimum Gasteiger partial charge on any atom is -0.481 e. The molecule has 2 aromatic rings. The number of aryl methyl sites for hydroxylation is 1. The van der Waals surface area contributed by atoms with Gasteiger partial charge in [0.15, 0.2) is 0 Å². The maximum absolute atomic E-state index is 12.2. The number of nitrogens with one attached hydrogen (secondary N) is 1. The van der Waals surface area contributed by atoms with Gasteiger partial charge in [-0.05, 0) is 19.8 Å². The van der Waals surface area contributed by atoms with Gasteiger partial charge in [-0.3, -0.25) is 9.59 Å². The van der Waals surface area contributed by atoms with E-state index in [1.165, 1.54) is 16.9 Å². The summed E-state index contributed by atoms with van der Waals surface area (Å²) in [6.45, 7) is 5.84. The van der Waals surface area contributed by atoms with Crippen LogP contribution in [0.3, 0.4) is 0 Å². The van der Waals surface area contributed by atoms with Crippen LogP contribution in [-0.4, -0.2) is 28.5 Å². The van der Waals surface area contributed by atoms with Crippen molar-refractivity contribution in [3.63, 3.8) is 0 Å². The predicted octanol–water partition coefficient (Wildman–Crippen LogP) is 3.67. The molecule has 1 amide bonds. The van der Waals surface area contributed by atoms with Crippen molar-refractivity contribution in [1.82, 2.24) is 10.3 Å². The second-order valence-corrected chi connectivity index (χ2v) is 7.11. The van der Waals surface area contributed by atoms with Gasteiger partial charge in [0, 0.05) is 17.5 Å². The summed E-state index contributed by atoms with van der Waals surface area (Å²) in [7, 11) is 0. The van der Waals surface area contributed by atoms with Crippen LogP contribution in [0.1, 0.15) is 37.9 Å². The zero-order valence-corrected chi connectivity index (χ0v) is 15.7. The molecule has 0 fully saturated rings. The average molecular weight is 360 g/mol. The summed E-state index contributed by atoms with van der Waals surface area (Å²) < 4.78 is 0. The lowest BCUT2D eigenvalue weighted by molar-refractivity contribution is -0.149. The lowest BCUT2D eigenvalue weighted by Crippen LogP contribution is -2.42. The Balaban J connectivity index is 1.97. The molecule has 0 atom stereocenters. The van der Waals surface area contributed by atoms with Gasteiger partial charge < -0.3 is 10.4 Å². The van der Waals surface area contributed by atoms with Crippen molar-refractivity contribution < 1.29 is 14.7 Å². The lowest BCUT2D eigenvalue weighted by atomic mass is 9.82. The van der Waals surface area contributed by atoms with Crippen LogP contribution in [0, 0.1) is 12.3 Å². The molecule has 1 heterocycles. The van der Waals surface area contributed by atoms with Crippen LogP contribution in [-0.2, 0) is 16.0 Å². The Morgan fingerprint density at radius 3 is 2.40 bits per heavy atom. The van der Waals surface area contributed by atoms with Crippen LogP contribution in [0.2, 0.25) is 0 Å². The van der Waals surface area contributed by atoms with Crippen LogP contribution >= 0.6 is 11.3 Å². The van der Waals surface area contributed by atoms with Gasteiger partial charge in [-0.2, -0.15) is 0 Å². The minimum absolute atomic E-state index is 0.142. The number of hydrogen-bond acceptors (Lipinski definition) is 4. The van der Waals surface area contributed by atoms with E-state index in [0.29, 0.717) is 18.5 Å². The number of aliphatic carboxylic acids is 1. The van der Waals surface area contributed by atoms with Crippen molar-refractivity contribution in [2.75, 3.05) is 6.54 Å². The Bertz CT molecular complexity index is 733. The van der Waals surface area contributed by atoms with E-state index < -0.39 is 11.4 Å². The van der Waals surface area contributed by atoms with Crippen molar-refractivity contribution >= 4 is 23.2 Å². The fourth-order valence-corrected chi connectivity index (χ4v) is 3.42. The number of hydrogen-bond donors (Lipinski definition) is 2. The fraction of sp³-hybridized carbons (Fsp3) is 0.421. The van der Waals surface area contributed by atoms with E-state index in [9.17, 15) is 14.7 Å². The summed E-state index contributed by atoms with van der Waals surface area (Å²) in [5, 5.41) is 14.9. The molecule has 1 aromatic carbocycles. The van der Waals surface area contributed by atoms with Crippen LogP contribution in [0.25, 0.3) is 10.6 Å². The topological polar surface area (TPSA) is 79.3 Å². The minimum atomic E-state index is -0.898. The highest BCUT2D eigenvalue weighted by Crippen LogP contribution is 2.26. The molecular weight excluding hydrogens is 336 g/mol. The molecule has 0 radical (unpaired) electrons. The third kappa shape index (κ3) is 4.66. The third-order valence-electron chi connectivity index (χ3n) is 4.62. The van der Waals surface area contributed by atoms with Crippen molar-refractivity contribution in [2.45, 2.75) is 40.0 Å². The van der Waals surface area contributed by atoms with Gasteiger partial charge in [0.1, 0.15) is 5.01 Å². The van der Waals surface area contributed by atoms with Crippen LogP contribution in [0.5, 0.6) is 0 Å². The first-order valence-electron chi connectivity index (χ1n) is 8.41. The summed E-state index contributed by atoms with van der Waals surface area (Å²) in [5.41, 5.74) is 2.02.